The lowest BCUT2D eigenvalue weighted by Gasteiger charge is -2.14. The van der Waals surface area contributed by atoms with Crippen LogP contribution in [-0.2, 0) is 25.7 Å². The maximum absolute atomic E-state index is 12.2. The van der Waals surface area contributed by atoms with Gasteiger partial charge in [0, 0.05) is 23.7 Å². The number of furan rings is 1. The van der Waals surface area contributed by atoms with E-state index >= 15 is 0 Å². The van der Waals surface area contributed by atoms with Gasteiger partial charge in [-0.25, -0.2) is 0 Å². The number of benzene rings is 1. The Morgan fingerprint density at radius 3 is 2.89 bits per heavy atom. The number of ether oxygens (including phenoxy) is 1. The summed E-state index contributed by atoms with van der Waals surface area (Å²) in [5.41, 5.74) is 1.42. The van der Waals surface area contributed by atoms with Gasteiger partial charge in [-0.05, 0) is 36.8 Å². The minimum atomic E-state index is -0.589. The summed E-state index contributed by atoms with van der Waals surface area (Å²) in [5.74, 6) is -1.13. The summed E-state index contributed by atoms with van der Waals surface area (Å²) in [6, 6.07) is 8.62. The number of rotatable bonds is 6. The van der Waals surface area contributed by atoms with Gasteiger partial charge in [0.05, 0.1) is 18.7 Å². The van der Waals surface area contributed by atoms with E-state index in [2.05, 4.69) is 5.32 Å². The van der Waals surface area contributed by atoms with Gasteiger partial charge in [-0.2, -0.15) is 0 Å². The van der Waals surface area contributed by atoms with Crippen LogP contribution in [-0.4, -0.2) is 35.8 Å². The Morgan fingerprint density at radius 1 is 1.37 bits per heavy atom. The fourth-order valence-corrected chi connectivity index (χ4v) is 2.98. The van der Waals surface area contributed by atoms with Crippen molar-refractivity contribution >= 4 is 35.1 Å². The highest BCUT2D eigenvalue weighted by Crippen LogP contribution is 2.22. The number of nitrogens with zero attached hydrogens (tertiary/aromatic N) is 1. The third-order valence-corrected chi connectivity index (χ3v) is 4.68. The minimum absolute atomic E-state index is 0.0642. The Balaban J connectivity index is 1.46. The molecule has 1 aliphatic heterocycles. The Labute approximate surface area is 161 Å². The van der Waals surface area contributed by atoms with Gasteiger partial charge in [-0.1, -0.05) is 17.7 Å². The van der Waals surface area contributed by atoms with Crippen molar-refractivity contribution in [1.29, 1.82) is 0 Å². The Hall–Kier alpha value is -2.80. The zero-order chi connectivity index (χ0) is 19.4. The second kappa shape index (κ2) is 8.26. The molecule has 0 radical (unpaired) electrons. The first-order chi connectivity index (χ1) is 12.9. The van der Waals surface area contributed by atoms with E-state index in [-0.39, 0.29) is 18.9 Å². The van der Waals surface area contributed by atoms with E-state index in [1.54, 1.807) is 35.2 Å². The molecule has 0 aliphatic carbocycles. The maximum Gasteiger partial charge on any atom is 0.311 e. The highest BCUT2D eigenvalue weighted by Gasteiger charge is 2.35. The van der Waals surface area contributed by atoms with Crippen LogP contribution in [0.2, 0.25) is 5.02 Å². The molecular weight excluding hydrogens is 372 g/mol. The van der Waals surface area contributed by atoms with E-state index in [9.17, 15) is 14.4 Å². The summed E-state index contributed by atoms with van der Waals surface area (Å²) < 4.78 is 10.3. The van der Waals surface area contributed by atoms with Crippen LogP contribution in [0.3, 0.4) is 0 Å². The smallest absolute Gasteiger partial charge is 0.311 e. The first-order valence-electron chi connectivity index (χ1n) is 8.45. The summed E-state index contributed by atoms with van der Waals surface area (Å²) in [7, 11) is 0. The lowest BCUT2D eigenvalue weighted by molar-refractivity contribution is -0.151. The van der Waals surface area contributed by atoms with Gasteiger partial charge in [0.15, 0.2) is 6.61 Å². The van der Waals surface area contributed by atoms with Crippen LogP contribution in [0.1, 0.15) is 17.7 Å². The van der Waals surface area contributed by atoms with Crippen LogP contribution < -0.4 is 5.32 Å². The molecule has 142 valence electrons. The quantitative estimate of drug-likeness (QED) is 0.766. The molecule has 3 rings (SSSR count). The molecule has 1 aliphatic rings. The monoisotopic (exact) mass is 390 g/mol. The van der Waals surface area contributed by atoms with E-state index in [4.69, 9.17) is 20.8 Å². The van der Waals surface area contributed by atoms with Crippen LogP contribution in [0, 0.1) is 12.8 Å². The number of carbonyl (C=O) groups excluding carboxylic acids is 3. The minimum Gasteiger partial charge on any atom is -0.467 e. The predicted octanol–water partition coefficient (Wildman–Crippen LogP) is 2.77. The van der Waals surface area contributed by atoms with Gasteiger partial charge in [0.25, 0.3) is 5.91 Å². The van der Waals surface area contributed by atoms with Gasteiger partial charge in [0.2, 0.25) is 5.91 Å². The highest BCUT2D eigenvalue weighted by molar-refractivity contribution is 6.31. The number of hydrogen-bond acceptors (Lipinski definition) is 5. The fourth-order valence-electron chi connectivity index (χ4n) is 2.80. The number of esters is 1. The van der Waals surface area contributed by atoms with E-state index in [0.717, 1.165) is 5.56 Å². The first-order valence-corrected chi connectivity index (χ1v) is 8.83. The summed E-state index contributed by atoms with van der Waals surface area (Å²) in [4.78, 5) is 37.7. The van der Waals surface area contributed by atoms with Gasteiger partial charge in [0.1, 0.15) is 5.76 Å². The third-order valence-electron chi connectivity index (χ3n) is 4.28. The molecule has 1 aromatic heterocycles. The molecule has 27 heavy (non-hydrogen) atoms. The molecule has 1 atom stereocenters. The second-order valence-corrected chi connectivity index (χ2v) is 6.78. The molecule has 2 amide bonds. The summed E-state index contributed by atoms with van der Waals surface area (Å²) in [6.45, 7) is 1.98. The summed E-state index contributed by atoms with van der Waals surface area (Å²) in [5, 5.41) is 3.15. The SMILES string of the molecule is Cc1ccc(NC(=O)COC(=O)[C@@H]2CC(=O)N(Cc3ccco3)C2)cc1Cl. The lowest BCUT2D eigenvalue weighted by atomic mass is 10.1. The van der Waals surface area contributed by atoms with E-state index in [0.29, 0.717) is 23.0 Å². The van der Waals surface area contributed by atoms with Gasteiger partial charge in [-0.3, -0.25) is 14.4 Å². The van der Waals surface area contributed by atoms with Crippen LogP contribution >= 0.6 is 11.6 Å². The Kier molecular flexibility index (Phi) is 5.81. The van der Waals surface area contributed by atoms with Crippen LogP contribution in [0.25, 0.3) is 0 Å². The molecule has 1 aromatic carbocycles. The van der Waals surface area contributed by atoms with Crippen molar-refractivity contribution in [3.05, 3.63) is 52.9 Å². The molecule has 1 fully saturated rings. The molecule has 8 heteroatoms. The van der Waals surface area contributed by atoms with Crippen LogP contribution in [0.15, 0.2) is 41.0 Å². The molecule has 2 heterocycles. The second-order valence-electron chi connectivity index (χ2n) is 6.37. The molecule has 0 bridgehead atoms. The first kappa shape index (κ1) is 19.0. The Morgan fingerprint density at radius 2 is 2.19 bits per heavy atom. The predicted molar refractivity (Wildman–Crippen MR) is 98.0 cm³/mol. The van der Waals surface area contributed by atoms with E-state index < -0.39 is 24.4 Å². The van der Waals surface area contributed by atoms with E-state index in [1.807, 2.05) is 6.92 Å². The molecule has 1 saturated heterocycles. The topological polar surface area (TPSA) is 88.8 Å². The van der Waals surface area contributed by atoms with Crippen LogP contribution in [0.4, 0.5) is 5.69 Å². The van der Waals surface area contributed by atoms with Crippen molar-refractivity contribution < 1.29 is 23.5 Å². The maximum atomic E-state index is 12.2. The molecule has 7 nitrogen and oxygen atoms in total. The number of hydrogen-bond donors (Lipinski definition) is 1. The third kappa shape index (κ3) is 4.89. The normalized spacial score (nSPS) is 16.4. The summed E-state index contributed by atoms with van der Waals surface area (Å²) in [6.07, 6.45) is 1.59. The number of halogens is 1. The summed E-state index contributed by atoms with van der Waals surface area (Å²) >= 11 is 6.01. The molecule has 1 N–H and O–H groups in total. The van der Waals surface area contributed by atoms with Crippen molar-refractivity contribution in [3.63, 3.8) is 0 Å². The van der Waals surface area contributed by atoms with Gasteiger partial charge in [-0.15, -0.1) is 0 Å². The Bertz CT molecular complexity index is 850. The molecule has 0 saturated carbocycles. The molecule has 2 aromatic rings. The highest BCUT2D eigenvalue weighted by atomic mass is 35.5. The van der Waals surface area contributed by atoms with Crippen LogP contribution in [0.5, 0.6) is 0 Å². The van der Waals surface area contributed by atoms with E-state index in [1.165, 1.54) is 6.26 Å². The number of nitrogens with one attached hydrogen (secondary N) is 1. The average molecular weight is 391 g/mol. The lowest BCUT2D eigenvalue weighted by Crippen LogP contribution is -2.28. The van der Waals surface area contributed by atoms with Crippen molar-refractivity contribution in [2.75, 3.05) is 18.5 Å². The van der Waals surface area contributed by atoms with Gasteiger partial charge < -0.3 is 19.4 Å². The fraction of sp³-hybridized carbons (Fsp3) is 0.316. The zero-order valence-electron chi connectivity index (χ0n) is 14.7. The molecule has 0 unspecified atom stereocenters. The van der Waals surface area contributed by atoms with Gasteiger partial charge >= 0.3 is 5.97 Å². The van der Waals surface area contributed by atoms with Crippen molar-refractivity contribution in [3.8, 4) is 0 Å². The zero-order valence-corrected chi connectivity index (χ0v) is 15.5. The standard InChI is InChI=1S/C19H19ClN2O5/c1-12-4-5-14(8-16(12)20)21-17(23)11-27-19(25)13-7-18(24)22(9-13)10-15-3-2-6-26-15/h2-6,8,13H,7,9-11H2,1H3,(H,21,23)/t13-/m1/s1. The number of likely N-dealkylation sites (tertiary alicyclic amines) is 1. The molecular formula is C19H19ClN2O5. The number of amides is 2. The number of aryl methyl sites for hydroxylation is 1. The average Bonchev–Trinajstić information content (AvgIpc) is 3.27. The van der Waals surface area contributed by atoms with Crippen molar-refractivity contribution in [1.82, 2.24) is 4.90 Å². The van der Waals surface area contributed by atoms with Crippen molar-refractivity contribution in [2.24, 2.45) is 5.92 Å². The molecule has 0 spiro atoms. The van der Waals surface area contributed by atoms with Crippen molar-refractivity contribution in [2.45, 2.75) is 19.9 Å². The largest absolute Gasteiger partial charge is 0.467 e. The number of anilines is 1. The number of carbonyl (C=O) groups is 3.